The van der Waals surface area contributed by atoms with E-state index in [1.807, 2.05) is 6.07 Å². The van der Waals surface area contributed by atoms with Gasteiger partial charge in [0, 0.05) is 12.1 Å². The number of halogens is 1. The van der Waals surface area contributed by atoms with Gasteiger partial charge in [0.25, 0.3) is 0 Å². The average Bonchev–Trinajstić information content (AvgIpc) is 2.67. The molecule has 0 bridgehead atoms. The zero-order chi connectivity index (χ0) is 24.7. The Labute approximate surface area is 214 Å². The first-order chi connectivity index (χ1) is 14.7. The van der Waals surface area contributed by atoms with Crippen LogP contribution < -0.4 is 9.65 Å². The van der Waals surface area contributed by atoms with Crippen LogP contribution in [0, 0.1) is 13.8 Å². The molecule has 0 saturated heterocycles. The molecule has 4 N–H and O–H groups in total. The van der Waals surface area contributed by atoms with E-state index in [9.17, 15) is 10.2 Å². The van der Waals surface area contributed by atoms with Gasteiger partial charge in [-0.3, -0.25) is 0 Å². The van der Waals surface area contributed by atoms with Crippen molar-refractivity contribution in [3.63, 3.8) is 0 Å². The average molecular weight is 520 g/mol. The van der Waals surface area contributed by atoms with Gasteiger partial charge in [-0.05, 0) is 24.4 Å². The summed E-state index contributed by atoms with van der Waals surface area (Å²) in [5.74, 6) is 2.99. The van der Waals surface area contributed by atoms with E-state index in [4.69, 9.17) is 0 Å². The molecule has 0 amide bonds. The quantitative estimate of drug-likeness (QED) is 0.322. The molecule has 6 heteroatoms. The molecule has 0 saturated carbocycles. The van der Waals surface area contributed by atoms with E-state index in [0.717, 1.165) is 41.9 Å². The van der Waals surface area contributed by atoms with Crippen molar-refractivity contribution in [3.8, 4) is 11.5 Å². The van der Waals surface area contributed by atoms with Gasteiger partial charge in [-0.15, -0.1) is 12.4 Å². The molecule has 33 heavy (non-hydrogen) atoms. The Hall–Kier alpha value is -1.23. The third kappa shape index (κ3) is 9.88. The third-order valence-corrected chi connectivity index (χ3v) is 5.86. The number of rotatable bonds is 6. The summed E-state index contributed by atoms with van der Waals surface area (Å²) in [5, 5.41) is 23.7. The second-order valence-corrected chi connectivity index (χ2v) is 11.4. The van der Waals surface area contributed by atoms with Crippen LogP contribution in [-0.4, -0.2) is 16.8 Å². The van der Waals surface area contributed by atoms with Crippen LogP contribution in [0.15, 0.2) is 24.3 Å². The normalized spacial score (nSPS) is 11.5. The fourth-order valence-corrected chi connectivity index (χ4v) is 3.95. The molecule has 0 aliphatic rings. The Bertz CT molecular complexity index is 814. The molecule has 0 unspecified atom stereocenters. The molecular formula is C27H45ClMnN2O2. The van der Waals surface area contributed by atoms with Crippen molar-refractivity contribution in [2.75, 3.05) is 6.54 Å². The number of phenols is 2. The van der Waals surface area contributed by atoms with Crippen molar-refractivity contribution in [1.29, 1.82) is 0 Å². The standard InChI is InChI=1S/C14H23NO.C12H18NO.CH3.ClH.Mn/c1-6-15-9-11-7-10(2)8-12(13(11)16)14(3,4)5;1-8-5-9(7-13)11(14)10(6-8)12(2,3)4;;;/h7-8,15-16H,6,9H2,1-5H3;5-6,13-14H,7H2,1-4H3;1H3;1H;/q;-1;;;+1. The monoisotopic (exact) mass is 519 g/mol. The maximum atomic E-state index is 10.2. The van der Waals surface area contributed by atoms with Crippen LogP contribution >= 0.6 is 12.4 Å². The Kier molecular flexibility index (Phi) is 13.1. The van der Waals surface area contributed by atoms with Crippen LogP contribution in [0.3, 0.4) is 0 Å². The number of aryl methyl sites for hydroxylation is 2. The number of phenolic OH excluding ortho intramolecular Hbond substituents is 2. The fraction of sp³-hybridized carbons (Fsp3) is 0.556. The summed E-state index contributed by atoms with van der Waals surface area (Å²) in [7, 11) is 0. The predicted molar refractivity (Wildman–Crippen MR) is 140 cm³/mol. The van der Waals surface area contributed by atoms with Gasteiger partial charge in [-0.25, -0.2) is 0 Å². The first-order valence-corrected chi connectivity index (χ1v) is 13.1. The van der Waals surface area contributed by atoms with Crippen molar-refractivity contribution >= 4 is 12.4 Å². The van der Waals surface area contributed by atoms with Gasteiger partial charge in [0.05, 0.1) is 0 Å². The van der Waals surface area contributed by atoms with E-state index < -0.39 is 0 Å². The molecule has 0 aromatic heterocycles. The summed E-state index contributed by atoms with van der Waals surface area (Å²) in [4.78, 5) is 0. The third-order valence-electron chi connectivity index (χ3n) is 5.24. The molecule has 0 aliphatic carbocycles. The van der Waals surface area contributed by atoms with Gasteiger partial charge in [-0.2, -0.15) is 0 Å². The van der Waals surface area contributed by atoms with Gasteiger partial charge in [0.2, 0.25) is 0 Å². The van der Waals surface area contributed by atoms with E-state index in [-0.39, 0.29) is 23.2 Å². The minimum absolute atomic E-state index is 0. The van der Waals surface area contributed by atoms with Crippen molar-refractivity contribution in [2.45, 2.75) is 92.1 Å². The molecular weight excluding hydrogens is 475 g/mol. The number of hydrogen-bond donors (Lipinski definition) is 4. The van der Waals surface area contributed by atoms with Gasteiger partial charge >= 0.3 is 105 Å². The molecule has 2 rings (SSSR count). The van der Waals surface area contributed by atoms with Crippen LogP contribution in [0.4, 0.5) is 0 Å². The molecule has 0 fully saturated rings. The van der Waals surface area contributed by atoms with E-state index in [1.54, 1.807) is 0 Å². The minimum atomic E-state index is -0.0168. The molecule has 0 spiro atoms. The van der Waals surface area contributed by atoms with Crippen molar-refractivity contribution in [1.82, 2.24) is 9.65 Å². The number of nitrogens with one attached hydrogen (secondary N) is 2. The van der Waals surface area contributed by atoms with Gasteiger partial charge in [-0.1, -0.05) is 45.4 Å². The second kappa shape index (κ2) is 13.6. The maximum absolute atomic E-state index is 10.2. The molecule has 4 nitrogen and oxygen atoms in total. The van der Waals surface area contributed by atoms with Crippen LogP contribution in [0.2, 0.25) is 5.82 Å². The van der Waals surface area contributed by atoms with Crippen molar-refractivity contribution < 1.29 is 25.4 Å². The summed E-state index contributed by atoms with van der Waals surface area (Å²) in [6.07, 6.45) is 0. The van der Waals surface area contributed by atoms with E-state index >= 15 is 0 Å². The Morgan fingerprint density at radius 2 is 1.15 bits per heavy atom. The van der Waals surface area contributed by atoms with Gasteiger partial charge in [0.15, 0.2) is 0 Å². The summed E-state index contributed by atoms with van der Waals surface area (Å²) < 4.78 is 3.28. The van der Waals surface area contributed by atoms with Crippen LogP contribution in [-0.2, 0) is 39.1 Å². The van der Waals surface area contributed by atoms with Gasteiger partial charge in [0.1, 0.15) is 5.75 Å². The predicted octanol–water partition coefficient (Wildman–Crippen LogP) is 6.66. The fourth-order valence-electron chi connectivity index (χ4n) is 3.52. The Morgan fingerprint density at radius 3 is 1.48 bits per heavy atom. The Morgan fingerprint density at radius 1 is 0.758 bits per heavy atom. The van der Waals surface area contributed by atoms with Crippen LogP contribution in [0.25, 0.3) is 0 Å². The number of hydrogen-bond acceptors (Lipinski definition) is 4. The molecule has 2 aromatic rings. The zero-order valence-electron chi connectivity index (χ0n) is 22.1. The molecule has 0 heterocycles. The van der Waals surface area contributed by atoms with Crippen molar-refractivity contribution in [3.05, 3.63) is 57.6 Å². The first kappa shape index (κ1) is 31.8. The molecule has 0 radical (unpaired) electrons. The summed E-state index contributed by atoms with van der Waals surface area (Å²) in [5.41, 5.74) is 6.43. The number of aromatic hydroxyl groups is 2. The second-order valence-electron chi connectivity index (χ2n) is 10.4. The summed E-state index contributed by atoms with van der Waals surface area (Å²) in [6.45, 7) is 21.4. The van der Waals surface area contributed by atoms with E-state index in [0.29, 0.717) is 26.7 Å². The topological polar surface area (TPSA) is 64.5 Å². The van der Waals surface area contributed by atoms with E-state index in [2.05, 4.69) is 96.0 Å². The van der Waals surface area contributed by atoms with Crippen LogP contribution in [0.1, 0.15) is 81.8 Å². The van der Waals surface area contributed by atoms with Crippen LogP contribution in [0.5, 0.6) is 11.5 Å². The molecule has 189 valence electrons. The first-order valence-electron chi connectivity index (χ1n) is 11.3. The van der Waals surface area contributed by atoms with E-state index in [1.165, 1.54) is 11.1 Å². The number of benzene rings is 2. The summed E-state index contributed by atoms with van der Waals surface area (Å²) >= 11 is 0.672. The Balaban J connectivity index is 0.000000602. The molecule has 0 atom stereocenters. The van der Waals surface area contributed by atoms with Crippen molar-refractivity contribution in [2.24, 2.45) is 0 Å². The molecule has 2 aromatic carbocycles. The molecule has 0 aliphatic heterocycles. The van der Waals surface area contributed by atoms with Gasteiger partial charge < -0.3 is 10.4 Å². The zero-order valence-corrected chi connectivity index (χ0v) is 24.1. The SMILES string of the molecule is CCNCc1cc(C)cc(C(C)(C)C)c1O.Cl.[CH3][Mn][NH]Cc1cc(C)cc(C(C)(C)C)c1O. The summed E-state index contributed by atoms with van der Waals surface area (Å²) in [6, 6.07) is 8.25.